The molecule has 176 valence electrons. The smallest absolute Gasteiger partial charge is 0.387 e. The minimum Gasteiger partial charge on any atom is -0.493 e. The Bertz CT molecular complexity index is 1170. The third kappa shape index (κ3) is 5.91. The highest BCUT2D eigenvalue weighted by Gasteiger charge is 2.23. The fourth-order valence-electron chi connectivity index (χ4n) is 2.92. The molecule has 0 bridgehead atoms. The van der Waals surface area contributed by atoms with Gasteiger partial charge >= 0.3 is 6.61 Å². The van der Waals surface area contributed by atoms with Crippen molar-refractivity contribution in [1.82, 2.24) is 0 Å². The number of nitrogens with one attached hydrogen (secondary N) is 2. The lowest BCUT2D eigenvalue weighted by Gasteiger charge is -2.14. The Hall–Kier alpha value is -4.34. The molecule has 3 aromatic rings. The largest absolute Gasteiger partial charge is 0.493 e. The molecule has 2 N–H and O–H groups in total. The third-order valence-electron chi connectivity index (χ3n) is 4.47. The lowest BCUT2D eigenvalue weighted by Crippen LogP contribution is -2.26. The van der Waals surface area contributed by atoms with Crippen molar-refractivity contribution in [3.05, 3.63) is 89.5 Å². The number of rotatable bonds is 8. The van der Waals surface area contributed by atoms with Gasteiger partial charge in [-0.3, -0.25) is 9.59 Å². The Balaban J connectivity index is 2.07. The molecule has 0 atom stereocenters. The van der Waals surface area contributed by atoms with Gasteiger partial charge in [0.2, 0.25) is 0 Å². The van der Waals surface area contributed by atoms with E-state index in [1.807, 2.05) is 0 Å². The molecule has 0 saturated carbocycles. The van der Waals surface area contributed by atoms with E-state index >= 15 is 0 Å². The molecule has 0 saturated heterocycles. The zero-order valence-corrected chi connectivity index (χ0v) is 17.7. The fraction of sp³-hybridized carbons (Fsp3) is 0.0833. The molecule has 0 aliphatic heterocycles. The van der Waals surface area contributed by atoms with Crippen LogP contribution in [0, 0.1) is 11.6 Å². The van der Waals surface area contributed by atoms with E-state index in [0.29, 0.717) is 0 Å². The first kappa shape index (κ1) is 24.3. The summed E-state index contributed by atoms with van der Waals surface area (Å²) in [5.74, 6) is -4.22. The average molecular weight is 474 g/mol. The monoisotopic (exact) mass is 474 g/mol. The number of ether oxygens (including phenoxy) is 2. The number of hydrogen-bond donors (Lipinski definition) is 2. The summed E-state index contributed by atoms with van der Waals surface area (Å²) < 4.78 is 63.6. The second kappa shape index (κ2) is 11.0. The van der Waals surface area contributed by atoms with Gasteiger partial charge in [-0.1, -0.05) is 36.4 Å². The van der Waals surface area contributed by atoms with Gasteiger partial charge in [0.15, 0.2) is 11.5 Å². The fourth-order valence-corrected chi connectivity index (χ4v) is 2.92. The van der Waals surface area contributed by atoms with Gasteiger partial charge in [0.25, 0.3) is 11.8 Å². The lowest BCUT2D eigenvalue weighted by atomic mass is 10.1. The Labute approximate surface area is 191 Å². The van der Waals surface area contributed by atoms with Gasteiger partial charge in [0, 0.05) is 5.56 Å². The second-order valence-corrected chi connectivity index (χ2v) is 6.68. The van der Waals surface area contributed by atoms with Crippen LogP contribution in [-0.4, -0.2) is 25.5 Å². The van der Waals surface area contributed by atoms with E-state index in [2.05, 4.69) is 15.4 Å². The first-order valence-corrected chi connectivity index (χ1v) is 9.75. The van der Waals surface area contributed by atoms with Crippen molar-refractivity contribution in [3.63, 3.8) is 0 Å². The number of anilines is 2. The SMILES string of the molecule is COc1cccc(C=C(C(=O)Nc2ccccc2F)C(=O)Nc2ccccc2F)c1OC(F)F. The summed E-state index contributed by atoms with van der Waals surface area (Å²) in [5, 5.41) is 4.49. The topological polar surface area (TPSA) is 76.7 Å². The maximum absolute atomic E-state index is 14.0. The highest BCUT2D eigenvalue weighted by Crippen LogP contribution is 2.34. The molecule has 6 nitrogen and oxygen atoms in total. The molecule has 3 aromatic carbocycles. The summed E-state index contributed by atoms with van der Waals surface area (Å²) in [7, 11) is 1.22. The van der Waals surface area contributed by atoms with E-state index < -0.39 is 41.4 Å². The molecule has 0 spiro atoms. The van der Waals surface area contributed by atoms with Crippen molar-refractivity contribution < 1.29 is 36.6 Å². The van der Waals surface area contributed by atoms with Crippen molar-refractivity contribution in [1.29, 1.82) is 0 Å². The molecule has 0 aliphatic carbocycles. The van der Waals surface area contributed by atoms with Crippen LogP contribution in [0.4, 0.5) is 28.9 Å². The van der Waals surface area contributed by atoms with Crippen LogP contribution < -0.4 is 20.1 Å². The number of halogens is 4. The molecule has 10 heteroatoms. The van der Waals surface area contributed by atoms with Gasteiger partial charge in [-0.25, -0.2) is 8.78 Å². The molecule has 2 amide bonds. The van der Waals surface area contributed by atoms with E-state index in [1.165, 1.54) is 61.7 Å². The molecule has 0 aromatic heterocycles. The Morgan fingerprint density at radius 3 is 1.82 bits per heavy atom. The van der Waals surface area contributed by atoms with Crippen LogP contribution in [0.25, 0.3) is 6.08 Å². The van der Waals surface area contributed by atoms with Crippen LogP contribution in [0.3, 0.4) is 0 Å². The van der Waals surface area contributed by atoms with Crippen LogP contribution in [0.2, 0.25) is 0 Å². The van der Waals surface area contributed by atoms with Crippen LogP contribution in [0.15, 0.2) is 72.3 Å². The standard InChI is InChI=1S/C24H18F4N2O4/c1-33-20-12-6-7-14(21(20)34-24(27)28)13-15(22(31)29-18-10-4-2-8-16(18)25)23(32)30-19-11-5-3-9-17(19)26/h2-13,24H,1H3,(H,29,31)(H,30,32). The van der Waals surface area contributed by atoms with Gasteiger partial charge in [-0.15, -0.1) is 0 Å². The number of carbonyl (C=O) groups excluding carboxylic acids is 2. The van der Waals surface area contributed by atoms with Gasteiger partial charge in [0.05, 0.1) is 18.5 Å². The maximum atomic E-state index is 14.0. The lowest BCUT2D eigenvalue weighted by molar-refractivity contribution is -0.118. The van der Waals surface area contributed by atoms with Crippen molar-refractivity contribution in [2.75, 3.05) is 17.7 Å². The second-order valence-electron chi connectivity index (χ2n) is 6.68. The molecule has 0 fully saturated rings. The van der Waals surface area contributed by atoms with Crippen molar-refractivity contribution in [2.24, 2.45) is 0 Å². The molecule has 3 rings (SSSR count). The average Bonchev–Trinajstić information content (AvgIpc) is 2.80. The maximum Gasteiger partial charge on any atom is 0.387 e. The molecule has 0 radical (unpaired) electrons. The number of amides is 2. The van der Waals surface area contributed by atoms with E-state index in [1.54, 1.807) is 0 Å². The molecule has 34 heavy (non-hydrogen) atoms. The molecule has 0 aliphatic rings. The van der Waals surface area contributed by atoms with Crippen molar-refractivity contribution in [2.45, 2.75) is 6.61 Å². The van der Waals surface area contributed by atoms with Crippen LogP contribution in [0.5, 0.6) is 11.5 Å². The Kier molecular flexibility index (Phi) is 7.86. The number of alkyl halides is 2. The summed E-state index contributed by atoms with van der Waals surface area (Å²) in [4.78, 5) is 25.9. The summed E-state index contributed by atoms with van der Waals surface area (Å²) in [6.45, 7) is -3.23. The van der Waals surface area contributed by atoms with Gasteiger partial charge in [0.1, 0.15) is 17.2 Å². The molecule has 0 unspecified atom stereocenters. The first-order chi connectivity index (χ1) is 16.3. The van der Waals surface area contributed by atoms with Gasteiger partial charge in [-0.05, 0) is 36.4 Å². The van der Waals surface area contributed by atoms with E-state index in [-0.39, 0.29) is 22.7 Å². The quantitative estimate of drug-likeness (QED) is 0.203. The zero-order chi connectivity index (χ0) is 24.7. The van der Waals surface area contributed by atoms with Gasteiger partial charge < -0.3 is 20.1 Å². The van der Waals surface area contributed by atoms with Crippen LogP contribution in [0.1, 0.15) is 5.56 Å². The molecule has 0 heterocycles. The van der Waals surface area contributed by atoms with Crippen molar-refractivity contribution in [3.8, 4) is 11.5 Å². The number of hydrogen-bond acceptors (Lipinski definition) is 4. The molecular formula is C24H18F4N2O4. The third-order valence-corrected chi connectivity index (χ3v) is 4.47. The van der Waals surface area contributed by atoms with E-state index in [4.69, 9.17) is 4.74 Å². The number of methoxy groups -OCH3 is 1. The van der Waals surface area contributed by atoms with Crippen LogP contribution >= 0.6 is 0 Å². The highest BCUT2D eigenvalue weighted by atomic mass is 19.3. The predicted octanol–water partition coefficient (Wildman–Crippen LogP) is 5.24. The number of carbonyl (C=O) groups is 2. The Morgan fingerprint density at radius 1 is 0.824 bits per heavy atom. The highest BCUT2D eigenvalue weighted by molar-refractivity contribution is 6.29. The Morgan fingerprint density at radius 2 is 1.35 bits per heavy atom. The van der Waals surface area contributed by atoms with Crippen LogP contribution in [-0.2, 0) is 9.59 Å². The van der Waals surface area contributed by atoms with E-state index in [9.17, 15) is 27.2 Å². The predicted molar refractivity (Wildman–Crippen MR) is 118 cm³/mol. The summed E-state index contributed by atoms with van der Waals surface area (Å²) >= 11 is 0. The summed E-state index contributed by atoms with van der Waals surface area (Å²) in [6, 6.07) is 14.5. The van der Waals surface area contributed by atoms with Crippen molar-refractivity contribution >= 4 is 29.3 Å². The normalized spacial score (nSPS) is 10.4. The first-order valence-electron chi connectivity index (χ1n) is 9.75. The minimum atomic E-state index is -3.23. The van der Waals surface area contributed by atoms with Gasteiger partial charge in [-0.2, -0.15) is 8.78 Å². The summed E-state index contributed by atoms with van der Waals surface area (Å²) in [6.07, 6.45) is 0.951. The van der Waals surface area contributed by atoms with E-state index in [0.717, 1.165) is 18.2 Å². The summed E-state index contributed by atoms with van der Waals surface area (Å²) in [5.41, 5.74) is -1.21. The zero-order valence-electron chi connectivity index (χ0n) is 17.7. The minimum absolute atomic E-state index is 0.0857. The number of para-hydroxylation sites is 3. The molecular weight excluding hydrogens is 456 g/mol. The number of benzene rings is 3.